The van der Waals surface area contributed by atoms with Gasteiger partial charge in [0.25, 0.3) is 17.7 Å². The third kappa shape index (κ3) is 3.33. The van der Waals surface area contributed by atoms with E-state index in [4.69, 9.17) is 4.74 Å². The minimum atomic E-state index is -0.381. The van der Waals surface area contributed by atoms with Crippen LogP contribution in [-0.2, 0) is 4.74 Å². The molecule has 0 aliphatic carbocycles. The fourth-order valence-corrected chi connectivity index (χ4v) is 3.38. The van der Waals surface area contributed by atoms with Gasteiger partial charge in [-0.25, -0.2) is 4.98 Å². The fourth-order valence-electron chi connectivity index (χ4n) is 3.38. The zero-order chi connectivity index (χ0) is 19.0. The number of hydrogen-bond donors (Lipinski definition) is 1. The van der Waals surface area contributed by atoms with E-state index in [2.05, 4.69) is 10.3 Å². The summed E-state index contributed by atoms with van der Waals surface area (Å²) in [4.78, 5) is 43.0. The van der Waals surface area contributed by atoms with Crippen LogP contribution in [0.5, 0.6) is 0 Å². The Hall–Kier alpha value is -3.06. The van der Waals surface area contributed by atoms with Crippen molar-refractivity contribution in [3.8, 4) is 0 Å². The SMILES string of the molecule is Cc1ccnc(NC(=O)c2ccc3c(c2)C(=O)N(C[C@H]2CCCO2)C3=O)c1. The first kappa shape index (κ1) is 17.4. The molecule has 7 nitrogen and oxygen atoms in total. The van der Waals surface area contributed by atoms with Crippen molar-refractivity contribution in [1.82, 2.24) is 9.88 Å². The molecule has 3 amide bonds. The van der Waals surface area contributed by atoms with E-state index in [9.17, 15) is 14.4 Å². The molecule has 0 bridgehead atoms. The van der Waals surface area contributed by atoms with E-state index >= 15 is 0 Å². The van der Waals surface area contributed by atoms with E-state index in [1.165, 1.54) is 17.0 Å². The molecule has 1 N–H and O–H groups in total. The zero-order valence-electron chi connectivity index (χ0n) is 14.9. The molecule has 1 aromatic heterocycles. The molecule has 0 unspecified atom stereocenters. The van der Waals surface area contributed by atoms with Crippen molar-refractivity contribution in [1.29, 1.82) is 0 Å². The minimum absolute atomic E-state index is 0.109. The lowest BCUT2D eigenvalue weighted by atomic mass is 10.1. The van der Waals surface area contributed by atoms with Crippen LogP contribution in [0.1, 0.15) is 49.5 Å². The molecular formula is C20H19N3O4. The summed E-state index contributed by atoms with van der Waals surface area (Å²) in [5.74, 6) is -0.664. The maximum Gasteiger partial charge on any atom is 0.261 e. The van der Waals surface area contributed by atoms with E-state index in [0.29, 0.717) is 23.6 Å². The number of ether oxygens (including phenoxy) is 1. The number of hydrogen-bond acceptors (Lipinski definition) is 5. The molecule has 2 aromatic rings. The molecule has 1 saturated heterocycles. The highest BCUT2D eigenvalue weighted by Crippen LogP contribution is 2.26. The molecule has 4 rings (SSSR count). The molecule has 0 radical (unpaired) electrons. The summed E-state index contributed by atoms with van der Waals surface area (Å²) in [5.41, 5.74) is 1.85. The summed E-state index contributed by atoms with van der Waals surface area (Å²) >= 11 is 0. The lowest BCUT2D eigenvalue weighted by Gasteiger charge is -2.17. The fraction of sp³-hybridized carbons (Fsp3) is 0.300. The van der Waals surface area contributed by atoms with Crippen molar-refractivity contribution < 1.29 is 19.1 Å². The molecule has 1 atom stereocenters. The van der Waals surface area contributed by atoms with E-state index in [1.54, 1.807) is 18.3 Å². The van der Waals surface area contributed by atoms with Crippen LogP contribution in [0.15, 0.2) is 36.5 Å². The van der Waals surface area contributed by atoms with Gasteiger partial charge in [0.2, 0.25) is 0 Å². The van der Waals surface area contributed by atoms with Crippen molar-refractivity contribution in [3.63, 3.8) is 0 Å². The number of fused-ring (bicyclic) bond motifs is 1. The van der Waals surface area contributed by atoms with Gasteiger partial charge in [0, 0.05) is 18.4 Å². The van der Waals surface area contributed by atoms with Crippen LogP contribution in [0.3, 0.4) is 0 Å². The Bertz CT molecular complexity index is 935. The average molecular weight is 365 g/mol. The van der Waals surface area contributed by atoms with E-state index in [-0.39, 0.29) is 35.9 Å². The van der Waals surface area contributed by atoms with Gasteiger partial charge in [-0.1, -0.05) is 0 Å². The lowest BCUT2D eigenvalue weighted by molar-refractivity contribution is 0.0475. The van der Waals surface area contributed by atoms with Crippen molar-refractivity contribution in [2.24, 2.45) is 0 Å². The first-order valence-corrected chi connectivity index (χ1v) is 8.89. The maximum absolute atomic E-state index is 12.7. The maximum atomic E-state index is 12.7. The number of aromatic nitrogens is 1. The van der Waals surface area contributed by atoms with E-state index in [0.717, 1.165) is 18.4 Å². The van der Waals surface area contributed by atoms with Crippen LogP contribution in [-0.4, -0.2) is 46.9 Å². The van der Waals surface area contributed by atoms with Gasteiger partial charge in [-0.3, -0.25) is 19.3 Å². The van der Waals surface area contributed by atoms with Gasteiger partial charge in [-0.2, -0.15) is 0 Å². The Morgan fingerprint density at radius 2 is 2.04 bits per heavy atom. The monoisotopic (exact) mass is 365 g/mol. The van der Waals surface area contributed by atoms with Crippen LogP contribution >= 0.6 is 0 Å². The number of anilines is 1. The Labute approximate surface area is 156 Å². The summed E-state index contributed by atoms with van der Waals surface area (Å²) in [6, 6.07) is 8.13. The molecule has 0 spiro atoms. The minimum Gasteiger partial charge on any atom is -0.376 e. The van der Waals surface area contributed by atoms with Gasteiger partial charge < -0.3 is 10.1 Å². The largest absolute Gasteiger partial charge is 0.376 e. The number of amides is 3. The summed E-state index contributed by atoms with van der Waals surface area (Å²) in [7, 11) is 0. The molecule has 7 heteroatoms. The summed E-state index contributed by atoms with van der Waals surface area (Å²) in [6.45, 7) is 2.81. The van der Waals surface area contributed by atoms with Crippen molar-refractivity contribution in [2.45, 2.75) is 25.9 Å². The first-order valence-electron chi connectivity index (χ1n) is 8.89. The van der Waals surface area contributed by atoms with Gasteiger partial charge in [0.1, 0.15) is 5.82 Å². The predicted octanol–water partition coefficient (Wildman–Crippen LogP) is 2.42. The normalized spacial score (nSPS) is 18.7. The molecule has 3 heterocycles. The quantitative estimate of drug-likeness (QED) is 0.841. The summed E-state index contributed by atoms with van der Waals surface area (Å²) in [5, 5.41) is 2.71. The molecule has 0 saturated carbocycles. The highest BCUT2D eigenvalue weighted by atomic mass is 16.5. The average Bonchev–Trinajstić information content (AvgIpc) is 3.25. The number of benzene rings is 1. The van der Waals surface area contributed by atoms with Crippen LogP contribution in [0.25, 0.3) is 0 Å². The van der Waals surface area contributed by atoms with Gasteiger partial charge >= 0.3 is 0 Å². The zero-order valence-corrected chi connectivity index (χ0v) is 14.9. The smallest absolute Gasteiger partial charge is 0.261 e. The lowest BCUT2D eigenvalue weighted by Crippen LogP contribution is -2.36. The molecule has 138 valence electrons. The molecule has 27 heavy (non-hydrogen) atoms. The number of rotatable bonds is 4. The predicted molar refractivity (Wildman–Crippen MR) is 97.7 cm³/mol. The second-order valence-corrected chi connectivity index (χ2v) is 6.79. The Kier molecular flexibility index (Phi) is 4.45. The second kappa shape index (κ2) is 6.92. The Morgan fingerprint density at radius 3 is 2.78 bits per heavy atom. The van der Waals surface area contributed by atoms with Crippen LogP contribution in [0.4, 0.5) is 5.82 Å². The molecule has 2 aliphatic heterocycles. The molecular weight excluding hydrogens is 346 g/mol. The third-order valence-corrected chi connectivity index (χ3v) is 4.80. The van der Waals surface area contributed by atoms with Gasteiger partial charge in [0.15, 0.2) is 0 Å². The Morgan fingerprint density at radius 1 is 1.22 bits per heavy atom. The van der Waals surface area contributed by atoms with Crippen LogP contribution in [0.2, 0.25) is 0 Å². The van der Waals surface area contributed by atoms with Gasteiger partial charge in [-0.15, -0.1) is 0 Å². The second-order valence-electron chi connectivity index (χ2n) is 6.79. The van der Waals surface area contributed by atoms with Crippen molar-refractivity contribution in [2.75, 3.05) is 18.5 Å². The highest BCUT2D eigenvalue weighted by molar-refractivity contribution is 6.22. The first-order chi connectivity index (χ1) is 13.0. The van der Waals surface area contributed by atoms with Gasteiger partial charge in [0.05, 0.1) is 23.8 Å². The Balaban J connectivity index is 1.54. The molecule has 2 aliphatic rings. The number of nitrogens with zero attached hydrogens (tertiary/aromatic N) is 2. The van der Waals surface area contributed by atoms with E-state index < -0.39 is 0 Å². The van der Waals surface area contributed by atoms with Gasteiger partial charge in [-0.05, 0) is 55.7 Å². The number of carbonyl (C=O) groups excluding carboxylic acids is 3. The van der Waals surface area contributed by atoms with Crippen molar-refractivity contribution >= 4 is 23.5 Å². The standard InChI is InChI=1S/C20H19N3O4/c1-12-6-7-21-17(9-12)22-18(24)13-4-5-15-16(10-13)20(26)23(19(15)25)11-14-3-2-8-27-14/h4-7,9-10,14H,2-3,8,11H2,1H3,(H,21,22,24)/t14-/m1/s1. The van der Waals surface area contributed by atoms with Crippen LogP contribution in [0, 0.1) is 6.92 Å². The number of pyridine rings is 1. The highest BCUT2D eigenvalue weighted by Gasteiger charge is 2.37. The number of imide groups is 1. The topological polar surface area (TPSA) is 88.6 Å². The number of carbonyl (C=O) groups is 3. The summed E-state index contributed by atoms with van der Waals surface area (Å²) < 4.78 is 5.53. The summed E-state index contributed by atoms with van der Waals surface area (Å²) in [6.07, 6.45) is 3.27. The van der Waals surface area contributed by atoms with Crippen molar-refractivity contribution in [3.05, 3.63) is 58.8 Å². The molecule has 1 aromatic carbocycles. The molecule has 1 fully saturated rings. The third-order valence-electron chi connectivity index (χ3n) is 4.80. The van der Waals surface area contributed by atoms with E-state index in [1.807, 2.05) is 13.0 Å². The number of nitrogens with one attached hydrogen (secondary N) is 1. The number of aryl methyl sites for hydroxylation is 1. The van der Waals surface area contributed by atoms with Crippen LogP contribution < -0.4 is 5.32 Å².